The van der Waals surface area contributed by atoms with Gasteiger partial charge in [0.15, 0.2) is 0 Å². The number of methoxy groups -OCH3 is 1. The number of benzene rings is 2. The number of carbonyl (C=O) groups excluding carboxylic acids is 1. The molecule has 25 heavy (non-hydrogen) atoms. The van der Waals surface area contributed by atoms with Crippen molar-refractivity contribution < 1.29 is 9.53 Å². The lowest BCUT2D eigenvalue weighted by molar-refractivity contribution is -0.115. The van der Waals surface area contributed by atoms with Crippen molar-refractivity contribution in [3.63, 3.8) is 0 Å². The van der Waals surface area contributed by atoms with Gasteiger partial charge in [-0.25, -0.2) is 0 Å². The molecule has 3 rings (SSSR count). The third-order valence-corrected chi connectivity index (χ3v) is 4.65. The number of ether oxygens (including phenoxy) is 1. The molecule has 0 atom stereocenters. The van der Waals surface area contributed by atoms with Gasteiger partial charge in [-0.15, -0.1) is 0 Å². The highest BCUT2D eigenvalue weighted by molar-refractivity contribution is 5.92. The maximum atomic E-state index is 12.2. The molecule has 0 unspecified atom stereocenters. The van der Waals surface area contributed by atoms with Crippen LogP contribution in [0.5, 0.6) is 5.75 Å². The number of hydrogen-bond donors (Lipinski definition) is 1. The van der Waals surface area contributed by atoms with Gasteiger partial charge >= 0.3 is 0 Å². The van der Waals surface area contributed by atoms with Crippen LogP contribution in [0.4, 0.5) is 11.4 Å². The second kappa shape index (κ2) is 8.56. The molecular weight excluding hydrogens is 312 g/mol. The molecule has 0 bridgehead atoms. The van der Waals surface area contributed by atoms with E-state index in [1.165, 1.54) is 31.4 Å². The number of carbonyl (C=O) groups is 1. The lowest BCUT2D eigenvalue weighted by Crippen LogP contribution is -2.23. The Bertz CT molecular complexity index is 672. The van der Waals surface area contributed by atoms with Crippen LogP contribution in [0.25, 0.3) is 0 Å². The fourth-order valence-electron chi connectivity index (χ4n) is 3.22. The van der Waals surface area contributed by atoms with Crippen LogP contribution >= 0.6 is 0 Å². The minimum absolute atomic E-state index is 0.00677. The Hall–Kier alpha value is -2.49. The van der Waals surface area contributed by atoms with Crippen molar-refractivity contribution >= 4 is 17.3 Å². The van der Waals surface area contributed by atoms with Crippen molar-refractivity contribution in [3.8, 4) is 5.75 Å². The average molecular weight is 338 g/mol. The molecule has 0 saturated carbocycles. The molecule has 2 aromatic rings. The molecule has 1 aliphatic heterocycles. The van der Waals surface area contributed by atoms with Gasteiger partial charge in [-0.1, -0.05) is 25.0 Å². The van der Waals surface area contributed by atoms with Crippen molar-refractivity contribution in [3.05, 3.63) is 54.1 Å². The van der Waals surface area contributed by atoms with E-state index < -0.39 is 0 Å². The zero-order valence-electron chi connectivity index (χ0n) is 14.8. The fraction of sp³-hybridized carbons (Fsp3) is 0.381. The summed E-state index contributed by atoms with van der Waals surface area (Å²) in [5.41, 5.74) is 3.06. The number of nitrogens with zero attached hydrogens (tertiary/aromatic N) is 1. The van der Waals surface area contributed by atoms with E-state index in [1.54, 1.807) is 7.11 Å². The largest absolute Gasteiger partial charge is 0.497 e. The molecule has 0 spiro atoms. The summed E-state index contributed by atoms with van der Waals surface area (Å²) in [5.74, 6) is 0.793. The summed E-state index contributed by atoms with van der Waals surface area (Å²) in [5, 5.41) is 2.97. The van der Waals surface area contributed by atoms with Crippen LogP contribution in [0, 0.1) is 0 Å². The second-order valence-corrected chi connectivity index (χ2v) is 6.52. The zero-order chi connectivity index (χ0) is 17.5. The summed E-state index contributed by atoms with van der Waals surface area (Å²) in [4.78, 5) is 14.7. The molecule has 2 aromatic carbocycles. The topological polar surface area (TPSA) is 41.6 Å². The number of rotatable bonds is 5. The van der Waals surface area contributed by atoms with Crippen molar-refractivity contribution in [2.45, 2.75) is 32.1 Å². The molecule has 132 valence electrons. The zero-order valence-corrected chi connectivity index (χ0v) is 14.8. The highest BCUT2D eigenvalue weighted by atomic mass is 16.5. The Morgan fingerprint density at radius 1 is 0.960 bits per heavy atom. The van der Waals surface area contributed by atoms with E-state index in [4.69, 9.17) is 4.74 Å². The third-order valence-electron chi connectivity index (χ3n) is 4.65. The van der Waals surface area contributed by atoms with Gasteiger partial charge in [0.05, 0.1) is 13.5 Å². The van der Waals surface area contributed by atoms with Crippen LogP contribution in [-0.2, 0) is 11.2 Å². The average Bonchev–Trinajstić information content (AvgIpc) is 2.92. The van der Waals surface area contributed by atoms with Gasteiger partial charge in [0.1, 0.15) is 5.75 Å². The molecule has 4 nitrogen and oxygen atoms in total. The van der Waals surface area contributed by atoms with E-state index in [9.17, 15) is 4.79 Å². The highest BCUT2D eigenvalue weighted by Gasteiger charge is 2.10. The van der Waals surface area contributed by atoms with Crippen molar-refractivity contribution in [2.75, 3.05) is 30.4 Å². The summed E-state index contributed by atoms with van der Waals surface area (Å²) in [7, 11) is 1.64. The predicted octanol–water partition coefficient (Wildman–Crippen LogP) is 4.26. The van der Waals surface area contributed by atoms with E-state index in [2.05, 4.69) is 22.3 Å². The van der Waals surface area contributed by atoms with Crippen LogP contribution in [0.1, 0.15) is 31.2 Å². The van der Waals surface area contributed by atoms with Gasteiger partial charge in [-0.3, -0.25) is 4.79 Å². The van der Waals surface area contributed by atoms with Crippen LogP contribution in [0.2, 0.25) is 0 Å². The first-order valence-electron chi connectivity index (χ1n) is 9.02. The van der Waals surface area contributed by atoms with E-state index in [0.717, 1.165) is 30.1 Å². The monoisotopic (exact) mass is 338 g/mol. The Morgan fingerprint density at radius 2 is 1.60 bits per heavy atom. The number of anilines is 2. The molecule has 0 aliphatic carbocycles. The van der Waals surface area contributed by atoms with E-state index in [1.807, 2.05) is 36.4 Å². The normalized spacial score (nSPS) is 14.7. The smallest absolute Gasteiger partial charge is 0.228 e. The fourth-order valence-corrected chi connectivity index (χ4v) is 3.22. The minimum Gasteiger partial charge on any atom is -0.497 e. The third kappa shape index (κ3) is 4.99. The van der Waals surface area contributed by atoms with Crippen molar-refractivity contribution in [2.24, 2.45) is 0 Å². The Morgan fingerprint density at radius 3 is 2.20 bits per heavy atom. The number of hydrogen-bond acceptors (Lipinski definition) is 3. The Labute approximate surface area is 149 Å². The van der Waals surface area contributed by atoms with Crippen LogP contribution < -0.4 is 15.0 Å². The molecule has 1 aliphatic rings. The Kier molecular flexibility index (Phi) is 5.94. The van der Waals surface area contributed by atoms with Crippen molar-refractivity contribution in [1.82, 2.24) is 0 Å². The van der Waals surface area contributed by atoms with Gasteiger partial charge in [-0.2, -0.15) is 0 Å². The molecule has 1 fully saturated rings. The first kappa shape index (κ1) is 17.3. The molecule has 1 saturated heterocycles. The molecular formula is C21H26N2O2. The number of nitrogens with one attached hydrogen (secondary N) is 1. The van der Waals surface area contributed by atoms with Gasteiger partial charge in [0.2, 0.25) is 5.91 Å². The predicted molar refractivity (Wildman–Crippen MR) is 102 cm³/mol. The first-order chi connectivity index (χ1) is 12.2. The van der Waals surface area contributed by atoms with Gasteiger partial charge in [0.25, 0.3) is 0 Å². The maximum absolute atomic E-state index is 12.2. The molecule has 1 heterocycles. The summed E-state index contributed by atoms with van der Waals surface area (Å²) in [6.45, 7) is 2.26. The lowest BCUT2D eigenvalue weighted by atomic mass is 10.1. The van der Waals surface area contributed by atoms with Crippen LogP contribution in [0.3, 0.4) is 0 Å². The summed E-state index contributed by atoms with van der Waals surface area (Å²) >= 11 is 0. The van der Waals surface area contributed by atoms with E-state index in [0.29, 0.717) is 6.42 Å². The second-order valence-electron chi connectivity index (χ2n) is 6.52. The SMILES string of the molecule is COc1ccc(CC(=O)Nc2ccc(N3CCCCCC3)cc2)cc1. The summed E-state index contributed by atoms with van der Waals surface area (Å²) in [6, 6.07) is 15.8. The van der Waals surface area contributed by atoms with Gasteiger partial charge < -0.3 is 15.0 Å². The summed E-state index contributed by atoms with van der Waals surface area (Å²) < 4.78 is 5.13. The molecule has 0 radical (unpaired) electrons. The van der Waals surface area contributed by atoms with E-state index >= 15 is 0 Å². The quantitative estimate of drug-likeness (QED) is 0.886. The van der Waals surface area contributed by atoms with Crippen molar-refractivity contribution in [1.29, 1.82) is 0 Å². The van der Waals surface area contributed by atoms with Crippen LogP contribution in [0.15, 0.2) is 48.5 Å². The first-order valence-corrected chi connectivity index (χ1v) is 9.02. The summed E-state index contributed by atoms with van der Waals surface area (Å²) in [6.07, 6.45) is 5.55. The minimum atomic E-state index is -0.00677. The number of amides is 1. The van der Waals surface area contributed by atoms with E-state index in [-0.39, 0.29) is 5.91 Å². The highest BCUT2D eigenvalue weighted by Crippen LogP contribution is 2.21. The van der Waals surface area contributed by atoms with Gasteiger partial charge in [-0.05, 0) is 54.8 Å². The lowest BCUT2D eigenvalue weighted by Gasteiger charge is -2.22. The van der Waals surface area contributed by atoms with Gasteiger partial charge in [0, 0.05) is 24.5 Å². The maximum Gasteiger partial charge on any atom is 0.228 e. The van der Waals surface area contributed by atoms with Crippen LogP contribution in [-0.4, -0.2) is 26.1 Å². The molecule has 1 amide bonds. The Balaban J connectivity index is 1.55. The molecule has 1 N–H and O–H groups in total. The molecule has 0 aromatic heterocycles. The molecule has 4 heteroatoms. The standard InChI is InChI=1S/C21H26N2O2/c1-25-20-12-6-17(7-13-20)16-21(24)22-18-8-10-19(11-9-18)23-14-4-2-3-5-15-23/h6-13H,2-5,14-16H2,1H3,(H,22,24).